The van der Waals surface area contributed by atoms with Gasteiger partial charge in [0.15, 0.2) is 0 Å². The molecule has 0 radical (unpaired) electrons. The van der Waals surface area contributed by atoms with Gasteiger partial charge in [-0.3, -0.25) is 4.90 Å². The molecule has 5 nitrogen and oxygen atoms in total. The summed E-state index contributed by atoms with van der Waals surface area (Å²) in [5.41, 5.74) is 1.01. The minimum absolute atomic E-state index is 0.171. The highest BCUT2D eigenvalue weighted by Crippen LogP contribution is 2.24. The van der Waals surface area contributed by atoms with Gasteiger partial charge in [-0.15, -0.1) is 0 Å². The Bertz CT molecular complexity index is 499. The third-order valence-corrected chi connectivity index (χ3v) is 3.43. The number of ether oxygens (including phenoxy) is 2. The molecule has 2 rings (SSSR count). The molecule has 0 aliphatic carbocycles. The summed E-state index contributed by atoms with van der Waals surface area (Å²) in [6, 6.07) is 4.96. The molecule has 1 aliphatic heterocycles. The van der Waals surface area contributed by atoms with Crippen molar-refractivity contribution in [3.63, 3.8) is 0 Å². The van der Waals surface area contributed by atoms with Crippen LogP contribution in [0.5, 0.6) is 5.75 Å². The van der Waals surface area contributed by atoms with Crippen molar-refractivity contribution < 1.29 is 19.4 Å². The first-order valence-electron chi connectivity index (χ1n) is 6.68. The highest BCUT2D eigenvalue weighted by molar-refractivity contribution is 5.88. The van der Waals surface area contributed by atoms with Gasteiger partial charge in [0, 0.05) is 25.2 Å². The van der Waals surface area contributed by atoms with Crippen LogP contribution in [-0.2, 0) is 11.3 Å². The molecule has 0 unspecified atom stereocenters. The van der Waals surface area contributed by atoms with Gasteiger partial charge in [0.1, 0.15) is 5.75 Å². The van der Waals surface area contributed by atoms with E-state index in [1.54, 1.807) is 25.3 Å². The molecule has 0 amide bonds. The summed E-state index contributed by atoms with van der Waals surface area (Å²) in [5.74, 6) is -0.199. The van der Waals surface area contributed by atoms with Crippen molar-refractivity contribution in [3.8, 4) is 5.75 Å². The lowest BCUT2D eigenvalue weighted by Crippen LogP contribution is -2.47. The lowest BCUT2D eigenvalue weighted by molar-refractivity contribution is -0.0883. The minimum Gasteiger partial charge on any atom is -0.496 e. The predicted octanol–water partition coefficient (Wildman–Crippen LogP) is 2.00. The van der Waals surface area contributed by atoms with Crippen LogP contribution >= 0.6 is 0 Å². The minimum atomic E-state index is -0.920. The summed E-state index contributed by atoms with van der Waals surface area (Å²) in [4.78, 5) is 13.3. The van der Waals surface area contributed by atoms with Crippen LogP contribution in [0.2, 0.25) is 0 Å². The summed E-state index contributed by atoms with van der Waals surface area (Å²) in [5, 5.41) is 9.09. The Hall–Kier alpha value is -1.59. The third-order valence-electron chi connectivity index (χ3n) is 3.43. The maximum absolute atomic E-state index is 11.1. The third kappa shape index (κ3) is 3.49. The van der Waals surface area contributed by atoms with Crippen LogP contribution in [0.1, 0.15) is 29.8 Å². The van der Waals surface area contributed by atoms with E-state index in [1.807, 2.05) is 0 Å². The fourth-order valence-electron chi connectivity index (χ4n) is 2.53. The number of carboxylic acids is 1. The first-order chi connectivity index (χ1) is 9.41. The summed E-state index contributed by atoms with van der Waals surface area (Å²) < 4.78 is 11.0. The van der Waals surface area contributed by atoms with Gasteiger partial charge in [-0.2, -0.15) is 0 Å². The van der Waals surface area contributed by atoms with Crippen LogP contribution in [0, 0.1) is 0 Å². The van der Waals surface area contributed by atoms with Crippen LogP contribution in [0.15, 0.2) is 18.2 Å². The Morgan fingerprint density at radius 3 is 2.85 bits per heavy atom. The molecular weight excluding hydrogens is 258 g/mol. The highest BCUT2D eigenvalue weighted by Gasteiger charge is 2.27. The zero-order chi connectivity index (χ0) is 14.8. The Morgan fingerprint density at radius 1 is 1.50 bits per heavy atom. The molecule has 110 valence electrons. The molecule has 0 aromatic heterocycles. The van der Waals surface area contributed by atoms with Crippen LogP contribution in [0.25, 0.3) is 0 Å². The highest BCUT2D eigenvalue weighted by atomic mass is 16.5. The Morgan fingerprint density at radius 2 is 2.25 bits per heavy atom. The number of hydrogen-bond donors (Lipinski definition) is 1. The molecule has 1 aliphatic rings. The van der Waals surface area contributed by atoms with Gasteiger partial charge < -0.3 is 14.6 Å². The van der Waals surface area contributed by atoms with Crippen molar-refractivity contribution in [2.75, 3.05) is 26.8 Å². The van der Waals surface area contributed by atoms with E-state index in [0.29, 0.717) is 13.2 Å². The monoisotopic (exact) mass is 279 g/mol. The molecule has 0 saturated carbocycles. The molecule has 0 atom stereocenters. The molecule has 1 N–H and O–H groups in total. The lowest BCUT2D eigenvalue weighted by Gasteiger charge is -2.38. The SMILES string of the molecule is COc1ccc(C(=O)O)cc1CN1CCOC(C)(C)C1. The van der Waals surface area contributed by atoms with E-state index in [9.17, 15) is 4.79 Å². The Kier molecular flexibility index (Phi) is 4.30. The van der Waals surface area contributed by atoms with E-state index >= 15 is 0 Å². The van der Waals surface area contributed by atoms with Crippen molar-refractivity contribution in [2.24, 2.45) is 0 Å². The van der Waals surface area contributed by atoms with Crippen molar-refractivity contribution >= 4 is 5.97 Å². The molecule has 1 heterocycles. The number of carbonyl (C=O) groups is 1. The van der Waals surface area contributed by atoms with E-state index in [2.05, 4.69) is 18.7 Å². The number of nitrogens with zero attached hydrogens (tertiary/aromatic N) is 1. The average Bonchev–Trinajstić information content (AvgIpc) is 2.37. The van der Waals surface area contributed by atoms with Crippen molar-refractivity contribution in [1.29, 1.82) is 0 Å². The van der Waals surface area contributed by atoms with E-state index in [4.69, 9.17) is 14.6 Å². The fraction of sp³-hybridized carbons (Fsp3) is 0.533. The molecule has 1 aromatic carbocycles. The summed E-state index contributed by atoms with van der Waals surface area (Å²) >= 11 is 0. The van der Waals surface area contributed by atoms with Crippen molar-refractivity contribution in [3.05, 3.63) is 29.3 Å². The second-order valence-electron chi connectivity index (χ2n) is 5.65. The molecule has 1 saturated heterocycles. The predicted molar refractivity (Wildman–Crippen MR) is 75.3 cm³/mol. The molecule has 1 fully saturated rings. The first-order valence-corrected chi connectivity index (χ1v) is 6.68. The van der Waals surface area contributed by atoms with Gasteiger partial charge in [0.2, 0.25) is 0 Å². The standard InChI is InChI=1S/C15H21NO4/c1-15(2)10-16(6-7-20-15)9-12-8-11(14(17)18)4-5-13(12)19-3/h4-5,8H,6-7,9-10H2,1-3H3,(H,17,18). The number of methoxy groups -OCH3 is 1. The van der Waals surface area contributed by atoms with Gasteiger partial charge in [-0.25, -0.2) is 4.79 Å². The second-order valence-corrected chi connectivity index (χ2v) is 5.65. The number of benzene rings is 1. The molecule has 20 heavy (non-hydrogen) atoms. The van der Waals surface area contributed by atoms with Crippen molar-refractivity contribution in [2.45, 2.75) is 26.0 Å². The van der Waals surface area contributed by atoms with Gasteiger partial charge in [0.25, 0.3) is 0 Å². The molecule has 1 aromatic rings. The summed E-state index contributed by atoms with van der Waals surface area (Å²) in [6.45, 7) is 7.12. The number of hydrogen-bond acceptors (Lipinski definition) is 4. The van der Waals surface area contributed by atoms with Gasteiger partial charge in [0.05, 0.1) is 24.9 Å². The quantitative estimate of drug-likeness (QED) is 0.913. The molecule has 0 bridgehead atoms. The van der Waals surface area contributed by atoms with Crippen LogP contribution < -0.4 is 4.74 Å². The van der Waals surface area contributed by atoms with Gasteiger partial charge >= 0.3 is 5.97 Å². The zero-order valence-electron chi connectivity index (χ0n) is 12.2. The van der Waals surface area contributed by atoms with Crippen LogP contribution in [-0.4, -0.2) is 48.4 Å². The molecule has 0 spiro atoms. The fourth-order valence-corrected chi connectivity index (χ4v) is 2.53. The zero-order valence-corrected chi connectivity index (χ0v) is 12.2. The maximum atomic E-state index is 11.1. The number of aromatic carboxylic acids is 1. The number of rotatable bonds is 4. The van der Waals surface area contributed by atoms with Crippen LogP contribution in [0.3, 0.4) is 0 Å². The van der Waals surface area contributed by atoms with Gasteiger partial charge in [-0.05, 0) is 32.0 Å². The topological polar surface area (TPSA) is 59.0 Å². The summed E-state index contributed by atoms with van der Waals surface area (Å²) in [7, 11) is 1.60. The van der Waals surface area contributed by atoms with E-state index < -0.39 is 5.97 Å². The second kappa shape index (κ2) is 5.81. The van der Waals surface area contributed by atoms with E-state index in [-0.39, 0.29) is 11.2 Å². The summed E-state index contributed by atoms with van der Waals surface area (Å²) in [6.07, 6.45) is 0. The Balaban J connectivity index is 2.18. The smallest absolute Gasteiger partial charge is 0.335 e. The molecule has 5 heteroatoms. The number of morpholine rings is 1. The largest absolute Gasteiger partial charge is 0.496 e. The van der Waals surface area contributed by atoms with Gasteiger partial charge in [-0.1, -0.05) is 0 Å². The normalized spacial score (nSPS) is 18.8. The Labute approximate surface area is 119 Å². The average molecular weight is 279 g/mol. The lowest BCUT2D eigenvalue weighted by atomic mass is 10.1. The maximum Gasteiger partial charge on any atom is 0.335 e. The first kappa shape index (κ1) is 14.8. The van der Waals surface area contributed by atoms with Crippen LogP contribution in [0.4, 0.5) is 0 Å². The van der Waals surface area contributed by atoms with Crippen molar-refractivity contribution in [1.82, 2.24) is 4.90 Å². The van der Waals surface area contributed by atoms with E-state index in [0.717, 1.165) is 24.4 Å². The molecular formula is C15H21NO4. The van der Waals surface area contributed by atoms with E-state index in [1.165, 1.54) is 0 Å². The number of carboxylic acid groups (broad SMARTS) is 1.